The lowest BCUT2D eigenvalue weighted by Gasteiger charge is -2.09. The van der Waals surface area contributed by atoms with Crippen LogP contribution in [0.4, 0.5) is 5.69 Å². The smallest absolute Gasteiger partial charge is 0.234 e. The van der Waals surface area contributed by atoms with Crippen LogP contribution in [0.3, 0.4) is 0 Å². The number of aryl methyl sites for hydroxylation is 1. The predicted molar refractivity (Wildman–Crippen MR) is 101 cm³/mol. The lowest BCUT2D eigenvalue weighted by atomic mass is 10.1. The summed E-state index contributed by atoms with van der Waals surface area (Å²) in [5.74, 6) is 1.08. The van der Waals surface area contributed by atoms with E-state index in [1.165, 1.54) is 17.3 Å². The average Bonchev–Trinajstić information content (AvgIpc) is 3.39. The third kappa shape index (κ3) is 4.85. The highest BCUT2D eigenvalue weighted by atomic mass is 32.2. The number of carbonyl (C=O) groups excluding carboxylic acids is 2. The van der Waals surface area contributed by atoms with E-state index in [2.05, 4.69) is 22.4 Å². The molecule has 1 fully saturated rings. The van der Waals surface area contributed by atoms with E-state index in [-0.39, 0.29) is 24.0 Å². The van der Waals surface area contributed by atoms with Crippen molar-refractivity contribution in [1.82, 2.24) is 14.8 Å². The fourth-order valence-electron chi connectivity index (χ4n) is 2.68. The third-order valence-electron chi connectivity index (χ3n) is 4.22. The van der Waals surface area contributed by atoms with Crippen LogP contribution >= 0.6 is 11.8 Å². The molecule has 1 aromatic carbocycles. The number of benzene rings is 1. The molecule has 0 unspecified atom stereocenters. The molecule has 3 N–H and O–H groups in total. The van der Waals surface area contributed by atoms with Crippen molar-refractivity contribution >= 4 is 29.3 Å². The number of anilines is 1. The van der Waals surface area contributed by atoms with Gasteiger partial charge in [0.15, 0.2) is 5.16 Å². The van der Waals surface area contributed by atoms with Gasteiger partial charge in [0.05, 0.1) is 5.75 Å². The van der Waals surface area contributed by atoms with Crippen LogP contribution in [-0.2, 0) is 22.6 Å². The number of aromatic nitrogens is 3. The molecule has 26 heavy (non-hydrogen) atoms. The molecule has 1 saturated carbocycles. The number of amides is 2. The number of nitrogens with one attached hydrogen (secondary N) is 1. The van der Waals surface area contributed by atoms with E-state index in [0.717, 1.165) is 30.8 Å². The van der Waals surface area contributed by atoms with Gasteiger partial charge in [0.2, 0.25) is 11.8 Å². The number of primary amides is 1. The Labute approximate surface area is 156 Å². The minimum atomic E-state index is -0.357. The van der Waals surface area contributed by atoms with E-state index < -0.39 is 0 Å². The second-order valence-electron chi connectivity index (χ2n) is 6.37. The van der Waals surface area contributed by atoms with Gasteiger partial charge in [0.25, 0.3) is 0 Å². The third-order valence-corrected chi connectivity index (χ3v) is 5.19. The van der Waals surface area contributed by atoms with Gasteiger partial charge in [-0.1, -0.05) is 30.8 Å². The Morgan fingerprint density at radius 3 is 2.85 bits per heavy atom. The van der Waals surface area contributed by atoms with Gasteiger partial charge >= 0.3 is 0 Å². The zero-order valence-electron chi connectivity index (χ0n) is 14.8. The van der Waals surface area contributed by atoms with Gasteiger partial charge in [-0.25, -0.2) is 0 Å². The summed E-state index contributed by atoms with van der Waals surface area (Å²) in [4.78, 5) is 23.4. The standard InChI is InChI=1S/C18H23N5O2S/c1-2-12-4-3-5-14(10-12)20-16(25)11-26-18-22-21-17(13-6-7-13)23(18)9-8-15(19)24/h3-5,10,13H,2,6-9,11H2,1H3,(H2,19,24)(H,20,25). The summed E-state index contributed by atoms with van der Waals surface area (Å²) < 4.78 is 1.93. The number of thioether (sulfide) groups is 1. The predicted octanol–water partition coefficient (Wildman–Crippen LogP) is 2.32. The topological polar surface area (TPSA) is 103 Å². The van der Waals surface area contributed by atoms with E-state index >= 15 is 0 Å². The quantitative estimate of drug-likeness (QED) is 0.657. The van der Waals surface area contributed by atoms with E-state index in [1.54, 1.807) is 0 Å². The van der Waals surface area contributed by atoms with Crippen molar-refractivity contribution in [3.8, 4) is 0 Å². The lowest BCUT2D eigenvalue weighted by molar-refractivity contribution is -0.118. The molecule has 1 aromatic heterocycles. The summed E-state index contributed by atoms with van der Waals surface area (Å²) >= 11 is 1.33. The number of hydrogen-bond donors (Lipinski definition) is 2. The fraction of sp³-hybridized carbons (Fsp3) is 0.444. The van der Waals surface area contributed by atoms with Gasteiger partial charge in [-0.2, -0.15) is 0 Å². The van der Waals surface area contributed by atoms with Crippen LogP contribution < -0.4 is 11.1 Å². The SMILES string of the molecule is CCc1cccc(NC(=O)CSc2nnc(C3CC3)n2CCC(N)=O)c1. The molecule has 8 heteroatoms. The van der Waals surface area contributed by atoms with Crippen molar-refractivity contribution in [1.29, 1.82) is 0 Å². The molecule has 3 rings (SSSR count). The molecule has 2 aromatic rings. The highest BCUT2D eigenvalue weighted by Crippen LogP contribution is 2.40. The number of nitrogens with two attached hydrogens (primary N) is 1. The van der Waals surface area contributed by atoms with Gasteiger partial charge in [-0.05, 0) is 37.0 Å². The summed E-state index contributed by atoms with van der Waals surface area (Å²) in [6, 6.07) is 7.82. The fourth-order valence-corrected chi connectivity index (χ4v) is 3.45. The molecule has 1 aliphatic carbocycles. The molecule has 0 spiro atoms. The summed E-state index contributed by atoms with van der Waals surface area (Å²) in [6.07, 6.45) is 3.34. The largest absolute Gasteiger partial charge is 0.370 e. The second-order valence-corrected chi connectivity index (χ2v) is 7.32. The molecule has 2 amide bonds. The minimum absolute atomic E-state index is 0.0966. The Hall–Kier alpha value is -2.35. The summed E-state index contributed by atoms with van der Waals surface area (Å²) in [6.45, 7) is 2.53. The molecule has 1 heterocycles. The summed E-state index contributed by atoms with van der Waals surface area (Å²) in [5, 5.41) is 12.0. The normalized spacial score (nSPS) is 13.6. The van der Waals surface area contributed by atoms with Gasteiger partial charge in [-0.15, -0.1) is 10.2 Å². The molecule has 138 valence electrons. The number of rotatable bonds is 9. The summed E-state index contributed by atoms with van der Waals surface area (Å²) in [7, 11) is 0. The first-order chi connectivity index (χ1) is 12.6. The minimum Gasteiger partial charge on any atom is -0.370 e. The van der Waals surface area contributed by atoms with Crippen molar-refractivity contribution in [3.63, 3.8) is 0 Å². The highest BCUT2D eigenvalue weighted by Gasteiger charge is 2.30. The molecule has 0 atom stereocenters. The Kier molecular flexibility index (Phi) is 5.92. The van der Waals surface area contributed by atoms with E-state index in [4.69, 9.17) is 5.73 Å². The van der Waals surface area contributed by atoms with Crippen molar-refractivity contribution < 1.29 is 9.59 Å². The first-order valence-electron chi connectivity index (χ1n) is 8.79. The number of nitrogens with zero attached hydrogens (tertiary/aromatic N) is 3. The van der Waals surface area contributed by atoms with Crippen LogP contribution in [0.15, 0.2) is 29.4 Å². The van der Waals surface area contributed by atoms with Crippen molar-refractivity contribution in [3.05, 3.63) is 35.7 Å². The van der Waals surface area contributed by atoms with Crippen LogP contribution in [-0.4, -0.2) is 32.3 Å². The van der Waals surface area contributed by atoms with Crippen molar-refractivity contribution in [2.75, 3.05) is 11.1 Å². The Bertz CT molecular complexity index is 801. The molecule has 0 bridgehead atoms. The zero-order chi connectivity index (χ0) is 18.5. The van der Waals surface area contributed by atoms with Crippen LogP contribution in [0.25, 0.3) is 0 Å². The maximum Gasteiger partial charge on any atom is 0.234 e. The molecule has 0 radical (unpaired) electrons. The van der Waals surface area contributed by atoms with Crippen molar-refractivity contribution in [2.45, 2.75) is 50.2 Å². The molecular formula is C18H23N5O2S. The lowest BCUT2D eigenvalue weighted by Crippen LogP contribution is -2.17. The Balaban J connectivity index is 1.61. The maximum absolute atomic E-state index is 12.3. The first kappa shape index (κ1) is 18.4. The number of carbonyl (C=O) groups is 2. The molecule has 7 nitrogen and oxygen atoms in total. The Morgan fingerprint density at radius 2 is 2.15 bits per heavy atom. The second kappa shape index (κ2) is 8.35. The van der Waals surface area contributed by atoms with E-state index in [9.17, 15) is 9.59 Å². The molecular weight excluding hydrogens is 350 g/mol. The Morgan fingerprint density at radius 1 is 1.35 bits per heavy atom. The highest BCUT2D eigenvalue weighted by molar-refractivity contribution is 7.99. The number of hydrogen-bond acceptors (Lipinski definition) is 5. The van der Waals surface area contributed by atoms with Crippen LogP contribution in [0.1, 0.15) is 43.5 Å². The molecule has 1 aliphatic rings. The van der Waals surface area contributed by atoms with Gasteiger partial charge in [0, 0.05) is 24.6 Å². The van der Waals surface area contributed by atoms with E-state index in [0.29, 0.717) is 17.6 Å². The van der Waals surface area contributed by atoms with Gasteiger partial charge in [-0.3, -0.25) is 9.59 Å². The van der Waals surface area contributed by atoms with Crippen LogP contribution in [0.5, 0.6) is 0 Å². The molecule has 0 saturated heterocycles. The molecule has 0 aliphatic heterocycles. The van der Waals surface area contributed by atoms with Gasteiger partial charge < -0.3 is 15.6 Å². The maximum atomic E-state index is 12.3. The van der Waals surface area contributed by atoms with Crippen LogP contribution in [0.2, 0.25) is 0 Å². The monoisotopic (exact) mass is 373 g/mol. The van der Waals surface area contributed by atoms with E-state index in [1.807, 2.05) is 28.8 Å². The average molecular weight is 373 g/mol. The first-order valence-corrected chi connectivity index (χ1v) is 9.78. The van der Waals surface area contributed by atoms with Crippen molar-refractivity contribution in [2.24, 2.45) is 5.73 Å². The zero-order valence-corrected chi connectivity index (χ0v) is 15.6. The summed E-state index contributed by atoms with van der Waals surface area (Å²) in [5.41, 5.74) is 7.24. The van der Waals surface area contributed by atoms with Crippen LogP contribution in [0, 0.1) is 0 Å². The van der Waals surface area contributed by atoms with Gasteiger partial charge in [0.1, 0.15) is 5.82 Å².